The molecular weight excluding hydrogens is 374 g/mol. The molecule has 3 N–H and O–H groups in total. The van der Waals surface area contributed by atoms with Gasteiger partial charge in [0, 0.05) is 6.61 Å². The second-order valence-corrected chi connectivity index (χ2v) is 8.26. The standard InChI is InChI=1S/C18H19NO7S/c20-17(19-22)18(21)12-25-11-10-16(18)27(23,24)15-8-6-14(7-9-15)26-13-4-2-1-3-5-13/h1-9,16,21-22H,10-12H2,(H,19,20). The topological polar surface area (TPSA) is 122 Å². The Labute approximate surface area is 156 Å². The number of carbonyl (C=O) groups excluding carboxylic acids is 1. The van der Waals surface area contributed by atoms with E-state index in [9.17, 15) is 18.3 Å². The molecule has 3 rings (SSSR count). The van der Waals surface area contributed by atoms with Crippen molar-refractivity contribution < 1.29 is 33.0 Å². The Hall–Kier alpha value is -2.46. The van der Waals surface area contributed by atoms with Gasteiger partial charge < -0.3 is 14.6 Å². The minimum atomic E-state index is -4.07. The lowest BCUT2D eigenvalue weighted by molar-refractivity contribution is -0.161. The number of ether oxygens (including phenoxy) is 2. The van der Waals surface area contributed by atoms with Gasteiger partial charge in [-0.25, -0.2) is 13.9 Å². The van der Waals surface area contributed by atoms with Crippen LogP contribution in [0, 0.1) is 0 Å². The summed E-state index contributed by atoms with van der Waals surface area (Å²) in [6, 6.07) is 14.7. The molecule has 8 nitrogen and oxygen atoms in total. The SMILES string of the molecule is O=C(NO)C1(O)COCCC1S(=O)(=O)c1ccc(Oc2ccccc2)cc1. The Kier molecular flexibility index (Phi) is 5.47. The summed E-state index contributed by atoms with van der Waals surface area (Å²) < 4.78 is 36.6. The van der Waals surface area contributed by atoms with Crippen molar-refractivity contribution in [1.29, 1.82) is 0 Å². The van der Waals surface area contributed by atoms with Gasteiger partial charge in [0.05, 0.1) is 11.5 Å². The highest BCUT2D eigenvalue weighted by molar-refractivity contribution is 7.92. The Morgan fingerprint density at radius 3 is 2.37 bits per heavy atom. The molecule has 0 bridgehead atoms. The van der Waals surface area contributed by atoms with Gasteiger partial charge in [-0.05, 0) is 42.8 Å². The Bertz CT molecular complexity index is 899. The van der Waals surface area contributed by atoms with Crippen LogP contribution in [0.3, 0.4) is 0 Å². The number of hydrogen-bond acceptors (Lipinski definition) is 7. The molecule has 1 heterocycles. The summed E-state index contributed by atoms with van der Waals surface area (Å²) in [6.45, 7) is -0.460. The van der Waals surface area contributed by atoms with Crippen molar-refractivity contribution in [2.24, 2.45) is 0 Å². The largest absolute Gasteiger partial charge is 0.457 e. The molecule has 27 heavy (non-hydrogen) atoms. The molecule has 2 atom stereocenters. The summed E-state index contributed by atoms with van der Waals surface area (Å²) in [5, 5.41) is 17.9. The van der Waals surface area contributed by atoms with E-state index in [4.69, 9.17) is 14.7 Å². The fourth-order valence-electron chi connectivity index (χ4n) is 2.96. The highest BCUT2D eigenvalue weighted by atomic mass is 32.2. The van der Waals surface area contributed by atoms with E-state index < -0.39 is 33.2 Å². The fourth-order valence-corrected chi connectivity index (χ4v) is 4.90. The molecule has 0 saturated carbocycles. The molecule has 1 aliphatic rings. The molecule has 9 heteroatoms. The molecule has 0 spiro atoms. The smallest absolute Gasteiger partial charge is 0.279 e. The normalized spacial score (nSPS) is 22.8. The molecule has 2 aromatic carbocycles. The van der Waals surface area contributed by atoms with Gasteiger partial charge in [-0.2, -0.15) is 0 Å². The van der Waals surface area contributed by atoms with E-state index in [1.807, 2.05) is 18.2 Å². The lowest BCUT2D eigenvalue weighted by atomic mass is 9.95. The second kappa shape index (κ2) is 7.65. The van der Waals surface area contributed by atoms with Crippen LogP contribution < -0.4 is 10.2 Å². The van der Waals surface area contributed by atoms with Crippen LogP contribution >= 0.6 is 0 Å². The van der Waals surface area contributed by atoms with E-state index in [1.165, 1.54) is 29.7 Å². The average Bonchev–Trinajstić information content (AvgIpc) is 2.68. The van der Waals surface area contributed by atoms with Crippen LogP contribution in [0.4, 0.5) is 0 Å². The minimum absolute atomic E-state index is 0.0696. The van der Waals surface area contributed by atoms with Gasteiger partial charge in [0.15, 0.2) is 15.4 Å². The van der Waals surface area contributed by atoms with Crippen molar-refractivity contribution in [3.05, 3.63) is 54.6 Å². The lowest BCUT2D eigenvalue weighted by Crippen LogP contribution is -2.62. The summed E-state index contributed by atoms with van der Waals surface area (Å²) in [4.78, 5) is 11.8. The maximum Gasteiger partial charge on any atom is 0.279 e. The number of nitrogens with one attached hydrogen (secondary N) is 1. The first-order chi connectivity index (χ1) is 12.9. The van der Waals surface area contributed by atoms with Crippen molar-refractivity contribution in [3.63, 3.8) is 0 Å². The van der Waals surface area contributed by atoms with Crippen molar-refractivity contribution in [1.82, 2.24) is 5.48 Å². The van der Waals surface area contributed by atoms with E-state index in [2.05, 4.69) is 0 Å². The van der Waals surface area contributed by atoms with Crippen LogP contribution in [0.1, 0.15) is 6.42 Å². The number of sulfone groups is 1. The molecule has 0 aromatic heterocycles. The summed E-state index contributed by atoms with van der Waals surface area (Å²) in [6.07, 6.45) is -0.0888. The van der Waals surface area contributed by atoms with Crippen molar-refractivity contribution in [2.75, 3.05) is 13.2 Å². The van der Waals surface area contributed by atoms with E-state index in [-0.39, 0.29) is 17.9 Å². The van der Waals surface area contributed by atoms with E-state index in [0.29, 0.717) is 11.5 Å². The maximum absolute atomic E-state index is 13.0. The zero-order chi connectivity index (χ0) is 19.5. The van der Waals surface area contributed by atoms with Gasteiger partial charge in [-0.1, -0.05) is 18.2 Å². The number of hydrogen-bond donors (Lipinski definition) is 3. The van der Waals surface area contributed by atoms with Crippen molar-refractivity contribution >= 4 is 15.7 Å². The van der Waals surface area contributed by atoms with Gasteiger partial charge >= 0.3 is 0 Å². The number of carbonyl (C=O) groups is 1. The van der Waals surface area contributed by atoms with Crippen LogP contribution in [-0.4, -0.2) is 48.7 Å². The van der Waals surface area contributed by atoms with Gasteiger partial charge in [0.1, 0.15) is 16.7 Å². The second-order valence-electron chi connectivity index (χ2n) is 6.13. The minimum Gasteiger partial charge on any atom is -0.457 e. The Morgan fingerprint density at radius 1 is 1.11 bits per heavy atom. The third kappa shape index (κ3) is 3.81. The third-order valence-corrected chi connectivity index (χ3v) is 6.68. The highest BCUT2D eigenvalue weighted by Crippen LogP contribution is 2.32. The molecule has 144 valence electrons. The molecule has 1 fully saturated rings. The molecule has 0 radical (unpaired) electrons. The summed E-state index contributed by atoms with van der Waals surface area (Å²) >= 11 is 0. The summed E-state index contributed by atoms with van der Waals surface area (Å²) in [5.74, 6) is -0.179. The zero-order valence-corrected chi connectivity index (χ0v) is 15.1. The lowest BCUT2D eigenvalue weighted by Gasteiger charge is -2.36. The Morgan fingerprint density at radius 2 is 1.74 bits per heavy atom. The van der Waals surface area contributed by atoms with E-state index in [0.717, 1.165) is 0 Å². The molecule has 2 aromatic rings. The molecule has 2 unspecified atom stereocenters. The number of rotatable bonds is 5. The number of amides is 1. The number of benzene rings is 2. The first kappa shape index (κ1) is 19.3. The first-order valence-electron chi connectivity index (χ1n) is 8.19. The van der Waals surface area contributed by atoms with E-state index >= 15 is 0 Å². The molecular formula is C18H19NO7S. The van der Waals surface area contributed by atoms with Crippen molar-refractivity contribution in [2.45, 2.75) is 22.2 Å². The van der Waals surface area contributed by atoms with Crippen molar-refractivity contribution in [3.8, 4) is 11.5 Å². The maximum atomic E-state index is 13.0. The summed E-state index contributed by atoms with van der Waals surface area (Å²) in [5.41, 5.74) is -1.07. The number of para-hydroxylation sites is 1. The van der Waals surface area contributed by atoms with Crippen LogP contribution in [0.25, 0.3) is 0 Å². The first-order valence-corrected chi connectivity index (χ1v) is 9.74. The van der Waals surface area contributed by atoms with E-state index in [1.54, 1.807) is 12.1 Å². The van der Waals surface area contributed by atoms with Gasteiger partial charge in [-0.15, -0.1) is 0 Å². The third-order valence-electron chi connectivity index (χ3n) is 4.38. The zero-order valence-electron chi connectivity index (χ0n) is 14.2. The molecule has 0 aliphatic carbocycles. The van der Waals surface area contributed by atoms with Crippen LogP contribution in [0.2, 0.25) is 0 Å². The predicted octanol–water partition coefficient (Wildman–Crippen LogP) is 1.28. The molecule has 1 aliphatic heterocycles. The summed E-state index contributed by atoms with van der Waals surface area (Å²) in [7, 11) is -4.07. The molecule has 1 saturated heterocycles. The highest BCUT2D eigenvalue weighted by Gasteiger charge is 2.53. The average molecular weight is 393 g/mol. The fraction of sp³-hybridized carbons (Fsp3) is 0.278. The van der Waals surface area contributed by atoms with Gasteiger partial charge in [-0.3, -0.25) is 10.0 Å². The number of aliphatic hydroxyl groups is 1. The van der Waals surface area contributed by atoms with Crippen LogP contribution in [0.15, 0.2) is 59.5 Å². The number of hydroxylamine groups is 1. The molecule has 1 amide bonds. The van der Waals surface area contributed by atoms with Crippen LogP contribution in [-0.2, 0) is 19.4 Å². The van der Waals surface area contributed by atoms with Crippen LogP contribution in [0.5, 0.6) is 11.5 Å². The monoisotopic (exact) mass is 393 g/mol. The predicted molar refractivity (Wildman–Crippen MR) is 94.2 cm³/mol. The quantitative estimate of drug-likeness (QED) is 0.517. The Balaban J connectivity index is 1.86. The van der Waals surface area contributed by atoms with Gasteiger partial charge in [0.2, 0.25) is 0 Å². The van der Waals surface area contributed by atoms with Gasteiger partial charge in [0.25, 0.3) is 5.91 Å².